The highest BCUT2D eigenvalue weighted by atomic mass is 16.5. The van der Waals surface area contributed by atoms with Crippen molar-refractivity contribution in [1.29, 1.82) is 15.8 Å². The van der Waals surface area contributed by atoms with E-state index >= 15 is 0 Å². The van der Waals surface area contributed by atoms with Crippen molar-refractivity contribution in [3.63, 3.8) is 0 Å². The average Bonchev–Trinajstić information content (AvgIpc) is 2.59. The fraction of sp³-hybridized carbons (Fsp3) is 0.667. The van der Waals surface area contributed by atoms with Gasteiger partial charge in [-0.1, -0.05) is 13.8 Å². The van der Waals surface area contributed by atoms with Gasteiger partial charge in [-0.05, 0) is 38.2 Å². The van der Waals surface area contributed by atoms with Crippen molar-refractivity contribution in [2.45, 2.75) is 52.2 Å². The number of hydrogen-bond donors (Lipinski definition) is 0. The van der Waals surface area contributed by atoms with Crippen molar-refractivity contribution in [1.82, 2.24) is 0 Å². The van der Waals surface area contributed by atoms with Crippen LogP contribution in [0.1, 0.15) is 40.5 Å². The third-order valence-corrected chi connectivity index (χ3v) is 3.43. The number of nitriles is 3. The molecule has 0 amide bonds. The van der Waals surface area contributed by atoms with Gasteiger partial charge in [0.25, 0.3) is 0 Å². The molecule has 1 aliphatic rings. The van der Waals surface area contributed by atoms with Crippen molar-refractivity contribution in [3.05, 3.63) is 11.1 Å². The van der Waals surface area contributed by atoms with Crippen LogP contribution in [0.25, 0.3) is 0 Å². The maximum Gasteiger partial charge on any atom is 0.164 e. The zero-order valence-electron chi connectivity index (χ0n) is 11.9. The van der Waals surface area contributed by atoms with Crippen molar-refractivity contribution in [2.75, 3.05) is 0 Å². The minimum absolute atomic E-state index is 0.471. The fourth-order valence-corrected chi connectivity index (χ4v) is 2.34. The molecule has 0 bridgehead atoms. The number of ether oxygens (including phenoxy) is 1. The van der Waals surface area contributed by atoms with Gasteiger partial charge in [0.1, 0.15) is 6.10 Å². The second-order valence-electron chi connectivity index (χ2n) is 5.72. The van der Waals surface area contributed by atoms with Crippen LogP contribution >= 0.6 is 0 Å². The molecule has 100 valence electrons. The van der Waals surface area contributed by atoms with Gasteiger partial charge in [0.2, 0.25) is 0 Å². The van der Waals surface area contributed by atoms with Gasteiger partial charge in [-0.3, -0.25) is 0 Å². The van der Waals surface area contributed by atoms with Crippen LogP contribution in [0.5, 0.6) is 0 Å². The molecule has 1 unspecified atom stereocenters. The number of nitrogens with zero attached hydrogens (tertiary/aromatic N) is 3. The zero-order chi connectivity index (χ0) is 14.6. The van der Waals surface area contributed by atoms with Gasteiger partial charge in [0.05, 0.1) is 29.4 Å². The molecule has 0 fully saturated rings. The van der Waals surface area contributed by atoms with Gasteiger partial charge in [0.15, 0.2) is 5.92 Å². The van der Waals surface area contributed by atoms with Crippen LogP contribution in [-0.2, 0) is 4.74 Å². The molecule has 19 heavy (non-hydrogen) atoms. The summed E-state index contributed by atoms with van der Waals surface area (Å²) < 4.78 is 5.80. The summed E-state index contributed by atoms with van der Waals surface area (Å²) in [6, 6.07) is 5.96. The summed E-state index contributed by atoms with van der Waals surface area (Å²) in [5.74, 6) is -0.393. The van der Waals surface area contributed by atoms with E-state index in [0.29, 0.717) is 11.5 Å². The summed E-state index contributed by atoms with van der Waals surface area (Å²) in [5.41, 5.74) is 0.833. The molecule has 0 aromatic carbocycles. The second-order valence-corrected chi connectivity index (χ2v) is 5.72. The predicted molar refractivity (Wildman–Crippen MR) is 70.4 cm³/mol. The molecule has 1 rings (SSSR count). The normalized spacial score (nSPS) is 21.3. The topological polar surface area (TPSA) is 80.6 Å². The van der Waals surface area contributed by atoms with Crippen LogP contribution in [-0.4, -0.2) is 11.7 Å². The molecule has 0 aromatic rings. The van der Waals surface area contributed by atoms with E-state index in [2.05, 4.69) is 19.9 Å². The summed E-state index contributed by atoms with van der Waals surface area (Å²) in [5, 5.41) is 27.3. The fourth-order valence-electron chi connectivity index (χ4n) is 2.34. The maximum atomic E-state index is 9.34. The van der Waals surface area contributed by atoms with E-state index in [4.69, 9.17) is 15.3 Å². The van der Waals surface area contributed by atoms with Crippen molar-refractivity contribution < 1.29 is 4.74 Å². The predicted octanol–water partition coefficient (Wildman–Crippen LogP) is 3.08. The zero-order valence-corrected chi connectivity index (χ0v) is 11.9. The molecule has 0 saturated carbocycles. The van der Waals surface area contributed by atoms with Gasteiger partial charge in [-0.25, -0.2) is 0 Å². The molecule has 0 aliphatic carbocycles. The summed E-state index contributed by atoms with van der Waals surface area (Å²) in [6.07, 6.45) is 1.02. The Bertz CT molecular complexity index is 483. The van der Waals surface area contributed by atoms with E-state index in [1.165, 1.54) is 0 Å². The first-order chi connectivity index (χ1) is 8.87. The number of rotatable bonds is 4. The Kier molecular flexibility index (Phi) is 4.71. The Morgan fingerprint density at radius 2 is 1.79 bits per heavy atom. The highest BCUT2D eigenvalue weighted by Crippen LogP contribution is 2.41. The summed E-state index contributed by atoms with van der Waals surface area (Å²) in [6.45, 7) is 8.04. The molecular weight excluding hydrogens is 238 g/mol. The highest BCUT2D eigenvalue weighted by molar-refractivity contribution is 5.42. The molecule has 0 N–H and O–H groups in total. The van der Waals surface area contributed by atoms with Crippen molar-refractivity contribution >= 4 is 0 Å². The molecule has 0 spiro atoms. The lowest BCUT2D eigenvalue weighted by Gasteiger charge is -2.24. The average molecular weight is 257 g/mol. The Morgan fingerprint density at radius 3 is 2.21 bits per heavy atom. The highest BCUT2D eigenvalue weighted by Gasteiger charge is 2.43. The van der Waals surface area contributed by atoms with Gasteiger partial charge in [-0.15, -0.1) is 0 Å². The van der Waals surface area contributed by atoms with E-state index in [1.807, 2.05) is 26.0 Å². The van der Waals surface area contributed by atoms with Crippen LogP contribution in [0.2, 0.25) is 0 Å². The Labute approximate surface area is 114 Å². The van der Waals surface area contributed by atoms with Gasteiger partial charge >= 0.3 is 0 Å². The summed E-state index contributed by atoms with van der Waals surface area (Å²) >= 11 is 0. The van der Waals surface area contributed by atoms with Crippen molar-refractivity contribution in [3.8, 4) is 18.2 Å². The minimum atomic E-state index is -0.925. The molecule has 1 aliphatic heterocycles. The van der Waals surface area contributed by atoms with Gasteiger partial charge < -0.3 is 4.74 Å². The van der Waals surface area contributed by atoms with E-state index in [9.17, 15) is 5.26 Å². The first-order valence-corrected chi connectivity index (χ1v) is 6.48. The lowest BCUT2D eigenvalue weighted by molar-refractivity contribution is -0.0153. The second kappa shape index (κ2) is 5.87. The first kappa shape index (κ1) is 15.2. The molecule has 4 heteroatoms. The lowest BCUT2D eigenvalue weighted by Crippen LogP contribution is -2.28. The molecule has 4 nitrogen and oxygen atoms in total. The largest absolute Gasteiger partial charge is 0.360 e. The van der Waals surface area contributed by atoms with Crippen molar-refractivity contribution in [2.24, 2.45) is 11.8 Å². The van der Waals surface area contributed by atoms with E-state index in [-0.39, 0.29) is 0 Å². The molecule has 1 heterocycles. The Balaban J connectivity index is 3.13. The monoisotopic (exact) mass is 257 g/mol. The third kappa shape index (κ3) is 3.14. The van der Waals surface area contributed by atoms with Crippen LogP contribution in [0, 0.1) is 45.8 Å². The van der Waals surface area contributed by atoms with E-state index in [1.54, 1.807) is 0 Å². The Morgan fingerprint density at radius 1 is 1.21 bits per heavy atom. The molecule has 0 saturated heterocycles. The summed E-state index contributed by atoms with van der Waals surface area (Å²) in [4.78, 5) is 0. The van der Waals surface area contributed by atoms with Crippen LogP contribution in [0.15, 0.2) is 11.1 Å². The molecular formula is C15H19N3O. The number of hydrogen-bond acceptors (Lipinski definition) is 4. The van der Waals surface area contributed by atoms with Crippen LogP contribution in [0.4, 0.5) is 0 Å². The molecule has 0 radical (unpaired) electrons. The lowest BCUT2D eigenvalue weighted by atomic mass is 9.87. The third-order valence-electron chi connectivity index (χ3n) is 3.43. The van der Waals surface area contributed by atoms with E-state index < -0.39 is 17.6 Å². The maximum absolute atomic E-state index is 9.34. The minimum Gasteiger partial charge on any atom is -0.360 e. The summed E-state index contributed by atoms with van der Waals surface area (Å²) in [7, 11) is 0. The van der Waals surface area contributed by atoms with Crippen LogP contribution in [0.3, 0.4) is 0 Å². The quantitative estimate of drug-likeness (QED) is 0.775. The Hall–Kier alpha value is -1.83. The smallest absolute Gasteiger partial charge is 0.164 e. The van der Waals surface area contributed by atoms with Crippen LogP contribution < -0.4 is 0 Å². The molecule has 1 atom stereocenters. The van der Waals surface area contributed by atoms with Gasteiger partial charge in [0, 0.05) is 0 Å². The first-order valence-electron chi connectivity index (χ1n) is 6.48. The molecule has 0 aromatic heterocycles. The standard InChI is InChI=1S/C15H19N3O/c1-10(2)5-6-13-12(9-18)14(11(7-16)8-17)19-15(13,3)4/h10-11,14H,5-6H2,1-4H3. The van der Waals surface area contributed by atoms with Gasteiger partial charge in [-0.2, -0.15) is 15.8 Å². The van der Waals surface area contributed by atoms with E-state index in [0.717, 1.165) is 18.4 Å². The SMILES string of the molecule is CC(C)CCC1=C(C#N)C(C(C#N)C#N)OC1(C)C.